The minimum absolute atomic E-state index is 0.178. The van der Waals surface area contributed by atoms with E-state index in [0.717, 1.165) is 16.8 Å². The zero-order valence-electron chi connectivity index (χ0n) is 10.7. The first-order chi connectivity index (χ1) is 9.56. The molecule has 0 aromatic heterocycles. The number of anilines is 1. The van der Waals surface area contributed by atoms with E-state index in [9.17, 15) is 9.18 Å². The Labute approximate surface area is 125 Å². The molecule has 0 spiro atoms. The van der Waals surface area contributed by atoms with Gasteiger partial charge in [-0.1, -0.05) is 24.3 Å². The van der Waals surface area contributed by atoms with Crippen LogP contribution in [0.3, 0.4) is 0 Å². The Morgan fingerprint density at radius 3 is 2.70 bits per heavy atom. The number of halogens is 2. The second kappa shape index (κ2) is 6.52. The molecule has 0 radical (unpaired) electrons. The summed E-state index contributed by atoms with van der Waals surface area (Å²) in [6.45, 7) is 0.472. The molecule has 0 heterocycles. The van der Waals surface area contributed by atoms with E-state index in [0.29, 0.717) is 11.0 Å². The fourth-order valence-corrected chi connectivity index (χ4v) is 2.13. The first-order valence-corrected chi connectivity index (χ1v) is 6.89. The van der Waals surface area contributed by atoms with E-state index < -0.39 is 0 Å². The number of primary amides is 1. The lowest BCUT2D eigenvalue weighted by atomic mass is 10.1. The van der Waals surface area contributed by atoms with Gasteiger partial charge in [0.15, 0.2) is 0 Å². The van der Waals surface area contributed by atoms with Crippen molar-refractivity contribution in [3.05, 3.63) is 63.9 Å². The molecule has 0 fully saturated rings. The van der Waals surface area contributed by atoms with Gasteiger partial charge in [0.2, 0.25) is 5.91 Å². The van der Waals surface area contributed by atoms with E-state index in [4.69, 9.17) is 5.73 Å². The van der Waals surface area contributed by atoms with Crippen LogP contribution >= 0.6 is 15.9 Å². The van der Waals surface area contributed by atoms with Gasteiger partial charge in [0.05, 0.1) is 10.9 Å². The molecule has 5 heteroatoms. The first-order valence-electron chi connectivity index (χ1n) is 6.10. The molecule has 2 aromatic rings. The number of para-hydroxylation sites is 1. The van der Waals surface area contributed by atoms with Crippen LogP contribution in [0.2, 0.25) is 0 Å². The van der Waals surface area contributed by atoms with Crippen LogP contribution in [-0.2, 0) is 17.8 Å². The van der Waals surface area contributed by atoms with Crippen LogP contribution in [0.1, 0.15) is 11.1 Å². The number of carbonyl (C=O) groups excluding carboxylic acids is 1. The molecule has 3 N–H and O–H groups in total. The number of rotatable bonds is 5. The van der Waals surface area contributed by atoms with Gasteiger partial charge >= 0.3 is 0 Å². The van der Waals surface area contributed by atoms with Gasteiger partial charge in [0, 0.05) is 12.2 Å². The van der Waals surface area contributed by atoms with Crippen LogP contribution in [0, 0.1) is 5.82 Å². The summed E-state index contributed by atoms with van der Waals surface area (Å²) in [4.78, 5) is 11.0. The van der Waals surface area contributed by atoms with Crippen molar-refractivity contribution < 1.29 is 9.18 Å². The summed E-state index contributed by atoms with van der Waals surface area (Å²) < 4.78 is 13.9. The van der Waals surface area contributed by atoms with Crippen molar-refractivity contribution in [3.63, 3.8) is 0 Å². The van der Waals surface area contributed by atoms with E-state index in [2.05, 4.69) is 21.2 Å². The largest absolute Gasteiger partial charge is 0.381 e. The molecule has 0 saturated carbocycles. The predicted molar refractivity (Wildman–Crippen MR) is 80.8 cm³/mol. The van der Waals surface area contributed by atoms with Crippen LogP contribution in [0.4, 0.5) is 10.1 Å². The van der Waals surface area contributed by atoms with Crippen LogP contribution < -0.4 is 11.1 Å². The highest BCUT2D eigenvalue weighted by Gasteiger charge is 2.05. The van der Waals surface area contributed by atoms with Crippen LogP contribution in [0.15, 0.2) is 46.9 Å². The van der Waals surface area contributed by atoms with Crippen LogP contribution in [0.25, 0.3) is 0 Å². The summed E-state index contributed by atoms with van der Waals surface area (Å²) in [6, 6.07) is 12.4. The van der Waals surface area contributed by atoms with Gasteiger partial charge < -0.3 is 11.1 Å². The zero-order valence-corrected chi connectivity index (χ0v) is 12.3. The standard InChI is InChI=1S/C15H14BrFN2O/c16-12-6-5-10(7-13(12)17)9-19-14-4-2-1-3-11(14)8-15(18)20/h1-7,19H,8-9H2,(H2,18,20). The minimum Gasteiger partial charge on any atom is -0.381 e. The van der Waals surface area contributed by atoms with E-state index in [1.165, 1.54) is 6.07 Å². The van der Waals surface area contributed by atoms with Crippen molar-refractivity contribution in [2.45, 2.75) is 13.0 Å². The molecule has 0 aliphatic heterocycles. The Balaban J connectivity index is 2.10. The molecule has 0 bridgehead atoms. The number of carbonyl (C=O) groups is 1. The Morgan fingerprint density at radius 2 is 2.00 bits per heavy atom. The zero-order chi connectivity index (χ0) is 14.5. The lowest BCUT2D eigenvalue weighted by molar-refractivity contribution is -0.117. The second-order valence-corrected chi connectivity index (χ2v) is 5.26. The topological polar surface area (TPSA) is 55.1 Å². The van der Waals surface area contributed by atoms with E-state index >= 15 is 0 Å². The third-order valence-electron chi connectivity index (χ3n) is 2.85. The Morgan fingerprint density at radius 1 is 1.25 bits per heavy atom. The fourth-order valence-electron chi connectivity index (χ4n) is 1.88. The quantitative estimate of drug-likeness (QED) is 0.880. The molecule has 2 rings (SSSR count). The smallest absolute Gasteiger partial charge is 0.221 e. The minimum atomic E-state index is -0.381. The number of benzene rings is 2. The Kier molecular flexibility index (Phi) is 4.74. The molecule has 20 heavy (non-hydrogen) atoms. The van der Waals surface area contributed by atoms with Crippen LogP contribution in [0.5, 0.6) is 0 Å². The van der Waals surface area contributed by atoms with Crippen molar-refractivity contribution >= 4 is 27.5 Å². The number of amides is 1. The van der Waals surface area contributed by atoms with Gasteiger partial charge in [-0.2, -0.15) is 0 Å². The molecule has 2 aromatic carbocycles. The summed E-state index contributed by atoms with van der Waals surface area (Å²) in [7, 11) is 0. The lowest BCUT2D eigenvalue weighted by Crippen LogP contribution is -2.15. The molecule has 0 unspecified atom stereocenters. The molecule has 0 aliphatic carbocycles. The number of hydrogen-bond donors (Lipinski definition) is 2. The molecular formula is C15H14BrFN2O. The summed E-state index contributed by atoms with van der Waals surface area (Å²) in [5.74, 6) is -0.677. The highest BCUT2D eigenvalue weighted by atomic mass is 79.9. The molecule has 0 atom stereocenters. The number of hydrogen-bond acceptors (Lipinski definition) is 2. The lowest BCUT2D eigenvalue weighted by Gasteiger charge is -2.11. The highest BCUT2D eigenvalue weighted by Crippen LogP contribution is 2.19. The van der Waals surface area contributed by atoms with Crippen molar-refractivity contribution in [3.8, 4) is 0 Å². The normalized spacial score (nSPS) is 10.3. The van der Waals surface area contributed by atoms with Crippen molar-refractivity contribution in [1.82, 2.24) is 0 Å². The third kappa shape index (κ3) is 3.81. The summed E-state index contributed by atoms with van der Waals surface area (Å²) >= 11 is 3.12. The first kappa shape index (κ1) is 14.5. The van der Waals surface area contributed by atoms with E-state index in [1.54, 1.807) is 6.07 Å². The average molecular weight is 337 g/mol. The summed E-state index contributed by atoms with van der Waals surface area (Å²) in [5, 5.41) is 3.19. The van der Waals surface area contributed by atoms with Gasteiger partial charge in [-0.05, 0) is 45.3 Å². The molecule has 104 valence electrons. The SMILES string of the molecule is NC(=O)Cc1ccccc1NCc1ccc(Br)c(F)c1. The molecule has 0 aliphatic rings. The molecule has 1 amide bonds. The van der Waals surface area contributed by atoms with Crippen molar-refractivity contribution in [2.24, 2.45) is 5.73 Å². The number of nitrogens with one attached hydrogen (secondary N) is 1. The molecule has 0 saturated heterocycles. The van der Waals surface area contributed by atoms with Gasteiger partial charge in [0.1, 0.15) is 5.82 Å². The Hall–Kier alpha value is -1.88. The molecular weight excluding hydrogens is 323 g/mol. The van der Waals surface area contributed by atoms with Crippen molar-refractivity contribution in [1.29, 1.82) is 0 Å². The Bertz CT molecular complexity index is 631. The van der Waals surface area contributed by atoms with Gasteiger partial charge in [-0.3, -0.25) is 4.79 Å². The maximum atomic E-state index is 13.4. The van der Waals surface area contributed by atoms with E-state index in [1.807, 2.05) is 30.3 Å². The molecule has 3 nitrogen and oxygen atoms in total. The number of nitrogens with two attached hydrogens (primary N) is 1. The van der Waals surface area contributed by atoms with Crippen molar-refractivity contribution in [2.75, 3.05) is 5.32 Å². The fraction of sp³-hybridized carbons (Fsp3) is 0.133. The van der Waals surface area contributed by atoms with E-state index in [-0.39, 0.29) is 18.1 Å². The summed E-state index contributed by atoms with van der Waals surface area (Å²) in [6.07, 6.45) is 0.178. The predicted octanol–water partition coefficient (Wildman–Crippen LogP) is 3.23. The van der Waals surface area contributed by atoms with Gasteiger partial charge in [-0.25, -0.2) is 4.39 Å². The van der Waals surface area contributed by atoms with Crippen LogP contribution in [-0.4, -0.2) is 5.91 Å². The maximum Gasteiger partial charge on any atom is 0.221 e. The third-order valence-corrected chi connectivity index (χ3v) is 3.49. The van der Waals surface area contributed by atoms with Gasteiger partial charge in [0.25, 0.3) is 0 Å². The maximum absolute atomic E-state index is 13.4. The summed E-state index contributed by atoms with van der Waals surface area (Å²) in [5.41, 5.74) is 7.69. The average Bonchev–Trinajstić information content (AvgIpc) is 2.41. The highest BCUT2D eigenvalue weighted by molar-refractivity contribution is 9.10. The second-order valence-electron chi connectivity index (χ2n) is 4.40. The van der Waals surface area contributed by atoms with Gasteiger partial charge in [-0.15, -0.1) is 0 Å². The monoisotopic (exact) mass is 336 g/mol.